The molecule has 2 heterocycles. The van der Waals surface area contributed by atoms with E-state index in [1.54, 1.807) is 0 Å². The van der Waals surface area contributed by atoms with Crippen molar-refractivity contribution in [3.63, 3.8) is 0 Å². The maximum Gasteiger partial charge on any atom is 0.144 e. The highest BCUT2D eigenvalue weighted by molar-refractivity contribution is 5.74. The molecule has 6 nitrogen and oxygen atoms in total. The Morgan fingerprint density at radius 1 is 1.22 bits per heavy atom. The van der Waals surface area contributed by atoms with Crippen LogP contribution in [0.3, 0.4) is 0 Å². The molecule has 3 rings (SSSR count). The van der Waals surface area contributed by atoms with Crippen LogP contribution in [-0.4, -0.2) is 50.2 Å². The molecule has 1 aromatic carbocycles. The summed E-state index contributed by atoms with van der Waals surface area (Å²) in [6.45, 7) is -0.338. The van der Waals surface area contributed by atoms with Gasteiger partial charge in [-0.25, -0.2) is 4.98 Å². The van der Waals surface area contributed by atoms with Gasteiger partial charge in [0.15, 0.2) is 0 Å². The van der Waals surface area contributed by atoms with Crippen molar-refractivity contribution in [2.75, 3.05) is 6.61 Å². The quantitative estimate of drug-likeness (QED) is 0.587. The fourth-order valence-electron chi connectivity index (χ4n) is 2.23. The molecule has 1 saturated heterocycles. The van der Waals surface area contributed by atoms with Crippen molar-refractivity contribution in [3.05, 3.63) is 30.1 Å². The number of para-hydroxylation sites is 2. The summed E-state index contributed by atoms with van der Waals surface area (Å²) in [6, 6.07) is 7.45. The molecule has 0 bridgehead atoms. The second-order valence-corrected chi connectivity index (χ2v) is 4.40. The lowest BCUT2D eigenvalue weighted by molar-refractivity contribution is -0.0249. The highest BCUT2D eigenvalue weighted by atomic mass is 16.6. The van der Waals surface area contributed by atoms with Gasteiger partial charge in [0, 0.05) is 0 Å². The number of aliphatic hydroxyl groups excluding tert-OH is 3. The molecule has 4 atom stereocenters. The number of hydrogen-bond donors (Lipinski definition) is 4. The van der Waals surface area contributed by atoms with Crippen molar-refractivity contribution in [1.82, 2.24) is 9.97 Å². The van der Waals surface area contributed by atoms with Gasteiger partial charge in [-0.3, -0.25) is 0 Å². The molecule has 96 valence electrons. The summed E-state index contributed by atoms with van der Waals surface area (Å²) in [5, 5.41) is 28.6. The van der Waals surface area contributed by atoms with Crippen LogP contribution in [0.2, 0.25) is 0 Å². The zero-order valence-corrected chi connectivity index (χ0v) is 9.52. The molecule has 0 spiro atoms. The number of rotatable bonds is 2. The minimum absolute atomic E-state index is 0.338. The summed E-state index contributed by atoms with van der Waals surface area (Å²) in [6.07, 6.45) is -3.72. The minimum Gasteiger partial charge on any atom is -0.394 e. The lowest BCUT2D eigenvalue weighted by Gasteiger charge is -2.11. The third-order valence-corrected chi connectivity index (χ3v) is 3.22. The first-order valence-electron chi connectivity index (χ1n) is 5.78. The van der Waals surface area contributed by atoms with Crippen LogP contribution in [0, 0.1) is 0 Å². The number of H-pyrrole nitrogens is 1. The molecule has 0 unspecified atom stereocenters. The lowest BCUT2D eigenvalue weighted by atomic mass is 10.1. The van der Waals surface area contributed by atoms with E-state index in [0.29, 0.717) is 5.82 Å². The fraction of sp³-hybridized carbons (Fsp3) is 0.417. The molecule has 2 aromatic rings. The normalized spacial score (nSPS) is 32.2. The predicted molar refractivity (Wildman–Crippen MR) is 62.8 cm³/mol. The van der Waals surface area contributed by atoms with Crippen LogP contribution in [-0.2, 0) is 4.74 Å². The van der Waals surface area contributed by atoms with Gasteiger partial charge in [-0.05, 0) is 12.1 Å². The van der Waals surface area contributed by atoms with Gasteiger partial charge >= 0.3 is 0 Å². The number of aromatic nitrogens is 2. The van der Waals surface area contributed by atoms with Crippen molar-refractivity contribution in [2.24, 2.45) is 0 Å². The van der Waals surface area contributed by atoms with Gasteiger partial charge in [-0.15, -0.1) is 0 Å². The fourth-order valence-corrected chi connectivity index (χ4v) is 2.23. The summed E-state index contributed by atoms with van der Waals surface area (Å²) in [4.78, 5) is 7.36. The molecule has 0 saturated carbocycles. The summed E-state index contributed by atoms with van der Waals surface area (Å²) in [5.41, 5.74) is 1.61. The van der Waals surface area contributed by atoms with E-state index in [4.69, 9.17) is 9.84 Å². The van der Waals surface area contributed by atoms with E-state index >= 15 is 0 Å². The van der Waals surface area contributed by atoms with Crippen molar-refractivity contribution in [2.45, 2.75) is 24.4 Å². The molecule has 18 heavy (non-hydrogen) atoms. The van der Waals surface area contributed by atoms with E-state index in [2.05, 4.69) is 9.97 Å². The zero-order valence-electron chi connectivity index (χ0n) is 9.52. The van der Waals surface area contributed by atoms with E-state index in [1.807, 2.05) is 24.3 Å². The van der Waals surface area contributed by atoms with E-state index in [0.717, 1.165) is 11.0 Å². The van der Waals surface area contributed by atoms with Crippen molar-refractivity contribution in [1.29, 1.82) is 0 Å². The Balaban J connectivity index is 1.95. The molecular formula is C12H14N2O4. The predicted octanol–water partition coefficient (Wildman–Crippen LogP) is -0.283. The number of aliphatic hydroxyl groups is 3. The van der Waals surface area contributed by atoms with Crippen LogP contribution in [0.5, 0.6) is 0 Å². The smallest absolute Gasteiger partial charge is 0.144 e. The molecule has 1 aromatic heterocycles. The van der Waals surface area contributed by atoms with Gasteiger partial charge in [0.2, 0.25) is 0 Å². The van der Waals surface area contributed by atoms with E-state index in [1.165, 1.54) is 0 Å². The Labute approximate surface area is 103 Å². The van der Waals surface area contributed by atoms with Crippen molar-refractivity contribution >= 4 is 11.0 Å². The second-order valence-electron chi connectivity index (χ2n) is 4.40. The monoisotopic (exact) mass is 250 g/mol. The molecule has 1 fully saturated rings. The number of ether oxygens (including phenoxy) is 1. The topological polar surface area (TPSA) is 98.6 Å². The van der Waals surface area contributed by atoms with Crippen LogP contribution in [0.4, 0.5) is 0 Å². The molecule has 0 radical (unpaired) electrons. The van der Waals surface area contributed by atoms with Gasteiger partial charge < -0.3 is 25.0 Å². The first-order valence-corrected chi connectivity index (χ1v) is 5.78. The van der Waals surface area contributed by atoms with Crippen LogP contribution >= 0.6 is 0 Å². The summed E-state index contributed by atoms with van der Waals surface area (Å²) in [7, 11) is 0. The third kappa shape index (κ3) is 1.70. The van der Waals surface area contributed by atoms with Crippen molar-refractivity contribution in [3.8, 4) is 0 Å². The molecule has 0 aliphatic carbocycles. The van der Waals surface area contributed by atoms with Gasteiger partial charge in [0.1, 0.15) is 30.2 Å². The number of hydrogen-bond acceptors (Lipinski definition) is 5. The number of aromatic amines is 1. The first kappa shape index (κ1) is 11.6. The third-order valence-electron chi connectivity index (χ3n) is 3.22. The highest BCUT2D eigenvalue weighted by Gasteiger charge is 2.44. The largest absolute Gasteiger partial charge is 0.394 e. The molecule has 1 aliphatic heterocycles. The second kappa shape index (κ2) is 4.33. The van der Waals surface area contributed by atoms with Gasteiger partial charge in [-0.1, -0.05) is 12.1 Å². The van der Waals surface area contributed by atoms with Crippen molar-refractivity contribution < 1.29 is 20.1 Å². The van der Waals surface area contributed by atoms with Crippen LogP contribution in [0.1, 0.15) is 11.9 Å². The number of nitrogens with one attached hydrogen (secondary N) is 1. The number of nitrogens with zero attached hydrogens (tertiary/aromatic N) is 1. The van der Waals surface area contributed by atoms with Crippen LogP contribution in [0.25, 0.3) is 11.0 Å². The number of fused-ring (bicyclic) bond motifs is 1. The highest BCUT2D eigenvalue weighted by Crippen LogP contribution is 2.32. The lowest BCUT2D eigenvalue weighted by Crippen LogP contribution is -2.32. The summed E-state index contributed by atoms with van der Waals surface area (Å²) in [5.74, 6) is 0.457. The standard InChI is InChI=1S/C12H14N2O4/c15-5-8-9(16)10(17)11(18-8)12-13-6-3-1-2-4-7(6)14-12/h1-4,8-11,15-17H,5H2,(H,13,14)/t8-,9+,10+,11-/m0/s1. The SMILES string of the molecule is OC[C@@H]1O[C@H](c2nc3ccccc3[nH]2)[C@H](O)[C@@H]1O. The Morgan fingerprint density at radius 2 is 2.00 bits per heavy atom. The number of benzene rings is 1. The van der Waals surface area contributed by atoms with E-state index in [9.17, 15) is 10.2 Å². The Morgan fingerprint density at radius 3 is 2.67 bits per heavy atom. The average Bonchev–Trinajstić information content (AvgIpc) is 2.92. The molecular weight excluding hydrogens is 236 g/mol. The maximum absolute atomic E-state index is 9.89. The van der Waals surface area contributed by atoms with Gasteiger partial charge in [-0.2, -0.15) is 0 Å². The maximum atomic E-state index is 9.89. The zero-order chi connectivity index (χ0) is 12.7. The Bertz CT molecular complexity index is 523. The molecule has 4 N–H and O–H groups in total. The van der Waals surface area contributed by atoms with E-state index in [-0.39, 0.29) is 6.61 Å². The molecule has 0 amide bonds. The molecule has 6 heteroatoms. The van der Waals surface area contributed by atoms with Gasteiger partial charge in [0.05, 0.1) is 17.6 Å². The first-order chi connectivity index (χ1) is 8.70. The Kier molecular flexibility index (Phi) is 2.79. The van der Waals surface area contributed by atoms with Gasteiger partial charge in [0.25, 0.3) is 0 Å². The van der Waals surface area contributed by atoms with Crippen LogP contribution in [0.15, 0.2) is 24.3 Å². The molecule has 1 aliphatic rings. The van der Waals surface area contributed by atoms with Crippen LogP contribution < -0.4 is 0 Å². The summed E-state index contributed by atoms with van der Waals surface area (Å²) < 4.78 is 5.41. The van der Waals surface area contributed by atoms with E-state index < -0.39 is 24.4 Å². The minimum atomic E-state index is -1.10. The Hall–Kier alpha value is -1.47. The summed E-state index contributed by atoms with van der Waals surface area (Å²) >= 11 is 0. The number of imidazole rings is 1. The average molecular weight is 250 g/mol.